The zero-order valence-corrected chi connectivity index (χ0v) is 18.1. The van der Waals surface area contributed by atoms with Crippen molar-refractivity contribution in [3.63, 3.8) is 0 Å². The summed E-state index contributed by atoms with van der Waals surface area (Å²) in [5.41, 5.74) is 4.36. The van der Waals surface area contributed by atoms with Gasteiger partial charge in [-0.25, -0.2) is 4.79 Å². The molecule has 154 valence electrons. The number of carboxylic acids is 1. The maximum Gasteiger partial charge on any atom is 0.339 e. The number of rotatable bonds is 4. The van der Waals surface area contributed by atoms with E-state index < -0.39 is 5.97 Å². The second-order valence-electron chi connectivity index (χ2n) is 8.39. The van der Waals surface area contributed by atoms with Gasteiger partial charge in [0.2, 0.25) is 0 Å². The van der Waals surface area contributed by atoms with Crippen LogP contribution in [-0.4, -0.2) is 24.1 Å². The Morgan fingerprint density at radius 2 is 1.80 bits per heavy atom. The number of anilines is 1. The van der Waals surface area contributed by atoms with Crippen molar-refractivity contribution in [2.24, 2.45) is 0 Å². The highest BCUT2D eigenvalue weighted by atomic mass is 32.1. The zero-order valence-electron chi connectivity index (χ0n) is 17.3. The first-order chi connectivity index (χ1) is 14.2. The number of carboxylic acid groups (broad SMARTS) is 1. The van der Waals surface area contributed by atoms with E-state index in [0.29, 0.717) is 28.3 Å². The van der Waals surface area contributed by atoms with Crippen molar-refractivity contribution < 1.29 is 19.4 Å². The van der Waals surface area contributed by atoms with Gasteiger partial charge in [-0.3, -0.25) is 4.79 Å². The molecule has 5 nitrogen and oxygen atoms in total. The molecule has 2 aromatic carbocycles. The Morgan fingerprint density at radius 1 is 1.10 bits per heavy atom. The van der Waals surface area contributed by atoms with Crippen LogP contribution in [0.2, 0.25) is 0 Å². The maximum absolute atomic E-state index is 12.8. The van der Waals surface area contributed by atoms with Gasteiger partial charge < -0.3 is 15.2 Å². The normalized spacial score (nSPS) is 12.3. The highest BCUT2D eigenvalue weighted by Crippen LogP contribution is 2.48. The molecule has 1 amide bonds. The molecule has 0 aliphatic heterocycles. The molecule has 1 heterocycles. The van der Waals surface area contributed by atoms with Crippen molar-refractivity contribution >= 4 is 28.2 Å². The van der Waals surface area contributed by atoms with Crippen LogP contribution in [0.25, 0.3) is 11.1 Å². The van der Waals surface area contributed by atoms with Crippen LogP contribution < -0.4 is 10.1 Å². The molecule has 30 heavy (non-hydrogen) atoms. The number of hydrogen-bond acceptors (Lipinski definition) is 4. The van der Waals surface area contributed by atoms with Crippen LogP contribution in [0.15, 0.2) is 42.5 Å². The molecule has 0 saturated carbocycles. The second-order valence-corrected chi connectivity index (χ2v) is 9.50. The predicted octanol–water partition coefficient (Wildman–Crippen LogP) is 5.58. The van der Waals surface area contributed by atoms with Crippen molar-refractivity contribution in [2.45, 2.75) is 32.6 Å². The fraction of sp³-hybridized carbons (Fsp3) is 0.250. The molecule has 0 bridgehead atoms. The fourth-order valence-electron chi connectivity index (χ4n) is 3.72. The predicted molar refractivity (Wildman–Crippen MR) is 119 cm³/mol. The van der Waals surface area contributed by atoms with Crippen LogP contribution in [0.1, 0.15) is 57.5 Å². The van der Waals surface area contributed by atoms with E-state index in [9.17, 15) is 14.7 Å². The lowest BCUT2D eigenvalue weighted by Gasteiger charge is -2.19. The minimum absolute atomic E-state index is 0.00547. The Morgan fingerprint density at radius 3 is 2.40 bits per heavy atom. The zero-order chi connectivity index (χ0) is 21.6. The number of thiophene rings is 1. The van der Waals surface area contributed by atoms with Gasteiger partial charge in [-0.15, -0.1) is 11.3 Å². The van der Waals surface area contributed by atoms with Crippen LogP contribution in [0.4, 0.5) is 5.00 Å². The number of hydrogen-bond donors (Lipinski definition) is 2. The van der Waals surface area contributed by atoms with Gasteiger partial charge in [0, 0.05) is 22.4 Å². The quantitative estimate of drug-likeness (QED) is 0.451. The first kappa shape index (κ1) is 20.2. The summed E-state index contributed by atoms with van der Waals surface area (Å²) >= 11 is 1.32. The molecule has 0 spiro atoms. The molecule has 0 radical (unpaired) electrons. The van der Waals surface area contributed by atoms with E-state index in [0.717, 1.165) is 21.6 Å². The Hall–Kier alpha value is -3.12. The first-order valence-corrected chi connectivity index (χ1v) is 10.5. The number of aromatic carboxylic acids is 1. The van der Waals surface area contributed by atoms with E-state index in [4.69, 9.17) is 4.74 Å². The van der Waals surface area contributed by atoms with Crippen LogP contribution in [-0.2, 0) is 11.8 Å². The molecular formula is C24H23NO4S. The van der Waals surface area contributed by atoms with Crippen molar-refractivity contribution in [3.05, 3.63) is 69.6 Å². The smallest absolute Gasteiger partial charge is 0.339 e. The standard InChI is InChI=1S/C24H23NO4S/c1-24(2,3)15-8-5-13(6-9-15)21(26)25-22-20(23(27)28)19-17-12-16(29-4)10-7-14(17)11-18(19)30-22/h5-10,12H,11H2,1-4H3,(H,25,26)(H,27,28). The third-order valence-electron chi connectivity index (χ3n) is 5.37. The van der Waals surface area contributed by atoms with Crippen molar-refractivity contribution in [2.75, 3.05) is 12.4 Å². The largest absolute Gasteiger partial charge is 0.497 e. The van der Waals surface area contributed by atoms with E-state index in [1.165, 1.54) is 11.3 Å². The molecule has 0 fully saturated rings. The summed E-state index contributed by atoms with van der Waals surface area (Å²) in [4.78, 5) is 25.8. The van der Waals surface area contributed by atoms with Gasteiger partial charge in [0.1, 0.15) is 16.3 Å². The van der Waals surface area contributed by atoms with Crippen molar-refractivity contribution in [3.8, 4) is 16.9 Å². The van der Waals surface area contributed by atoms with E-state index in [1.807, 2.05) is 30.3 Å². The Labute approximate surface area is 179 Å². The first-order valence-electron chi connectivity index (χ1n) is 9.67. The van der Waals surface area contributed by atoms with Crippen molar-refractivity contribution in [1.82, 2.24) is 0 Å². The van der Waals surface area contributed by atoms with Gasteiger partial charge in [0.05, 0.1) is 7.11 Å². The number of fused-ring (bicyclic) bond motifs is 3. The Balaban J connectivity index is 1.68. The van der Waals surface area contributed by atoms with Crippen LogP contribution in [0.3, 0.4) is 0 Å². The van der Waals surface area contributed by atoms with E-state index in [2.05, 4.69) is 26.1 Å². The van der Waals surface area contributed by atoms with Gasteiger partial charge in [-0.05, 0) is 46.4 Å². The Kier molecular flexibility index (Phi) is 4.90. The van der Waals surface area contributed by atoms with Gasteiger partial charge in [-0.2, -0.15) is 0 Å². The highest BCUT2D eigenvalue weighted by Gasteiger charge is 2.31. The van der Waals surface area contributed by atoms with E-state index >= 15 is 0 Å². The molecule has 0 atom stereocenters. The topological polar surface area (TPSA) is 75.6 Å². The number of ether oxygens (including phenoxy) is 1. The Bertz CT molecular complexity index is 1150. The summed E-state index contributed by atoms with van der Waals surface area (Å²) in [5.74, 6) is -0.695. The van der Waals surface area contributed by atoms with Crippen LogP contribution in [0.5, 0.6) is 5.75 Å². The highest BCUT2D eigenvalue weighted by molar-refractivity contribution is 7.17. The van der Waals surface area contributed by atoms with E-state index in [1.54, 1.807) is 19.2 Å². The number of nitrogens with one attached hydrogen (secondary N) is 1. The maximum atomic E-state index is 12.8. The number of amides is 1. The van der Waals surface area contributed by atoms with Crippen LogP contribution in [0, 0.1) is 0 Å². The molecule has 1 aromatic heterocycles. The fourth-order valence-corrected chi connectivity index (χ4v) is 4.94. The number of benzene rings is 2. The summed E-state index contributed by atoms with van der Waals surface area (Å²) in [6, 6.07) is 13.1. The monoisotopic (exact) mass is 421 g/mol. The van der Waals surface area contributed by atoms with E-state index in [-0.39, 0.29) is 16.9 Å². The molecule has 1 aliphatic carbocycles. The molecule has 3 aromatic rings. The average molecular weight is 422 g/mol. The summed E-state index contributed by atoms with van der Waals surface area (Å²) in [7, 11) is 1.58. The average Bonchev–Trinajstić information content (AvgIpc) is 3.22. The van der Waals surface area contributed by atoms with Gasteiger partial charge in [0.15, 0.2) is 0 Å². The molecule has 1 aliphatic rings. The lowest BCUT2D eigenvalue weighted by molar-refractivity contribution is 0.0699. The molecule has 0 unspecified atom stereocenters. The van der Waals surface area contributed by atoms with Gasteiger partial charge >= 0.3 is 5.97 Å². The molecule has 6 heteroatoms. The SMILES string of the molecule is COc1ccc2c(c1)-c1c(sc(NC(=O)c3ccc(C(C)(C)C)cc3)c1C(=O)O)C2. The number of carbonyl (C=O) groups excluding carboxylic acids is 1. The minimum Gasteiger partial charge on any atom is -0.497 e. The lowest BCUT2D eigenvalue weighted by Crippen LogP contribution is -2.15. The third kappa shape index (κ3) is 3.48. The summed E-state index contributed by atoms with van der Waals surface area (Å²) in [6.45, 7) is 6.34. The van der Waals surface area contributed by atoms with Crippen LogP contribution >= 0.6 is 11.3 Å². The summed E-state index contributed by atoms with van der Waals surface area (Å²) in [6.07, 6.45) is 0.649. The number of methoxy groups -OCH3 is 1. The van der Waals surface area contributed by atoms with Crippen molar-refractivity contribution in [1.29, 1.82) is 0 Å². The molecular weight excluding hydrogens is 398 g/mol. The molecule has 0 saturated heterocycles. The molecule has 4 rings (SSSR count). The lowest BCUT2D eigenvalue weighted by atomic mass is 9.87. The number of carbonyl (C=O) groups is 2. The second kappa shape index (κ2) is 7.29. The van der Waals surface area contributed by atoms with Gasteiger partial charge in [-0.1, -0.05) is 39.0 Å². The molecule has 2 N–H and O–H groups in total. The summed E-state index contributed by atoms with van der Waals surface area (Å²) < 4.78 is 5.30. The minimum atomic E-state index is -1.05. The van der Waals surface area contributed by atoms with Gasteiger partial charge in [0.25, 0.3) is 5.91 Å². The summed E-state index contributed by atoms with van der Waals surface area (Å²) in [5, 5.41) is 13.1. The third-order valence-corrected chi connectivity index (χ3v) is 6.48.